The van der Waals surface area contributed by atoms with Gasteiger partial charge in [0.25, 0.3) is 0 Å². The van der Waals surface area contributed by atoms with E-state index < -0.39 is 23.3 Å². The molecule has 3 N–H and O–H groups in total. The van der Waals surface area contributed by atoms with Gasteiger partial charge in [-0.05, 0) is 5.92 Å². The normalized spacial score (nSPS) is 15.7. The van der Waals surface area contributed by atoms with Gasteiger partial charge in [0.05, 0.1) is 0 Å². The first-order chi connectivity index (χ1) is 6.02. The third kappa shape index (κ3) is 4.35. The van der Waals surface area contributed by atoms with Crippen LogP contribution in [0, 0.1) is 5.92 Å². The Balaban J connectivity index is 4.38. The van der Waals surface area contributed by atoms with Crippen LogP contribution in [0.15, 0.2) is 0 Å². The second-order valence-corrected chi connectivity index (χ2v) is 3.49. The van der Waals surface area contributed by atoms with Crippen molar-refractivity contribution in [3.8, 4) is 0 Å². The quantitative estimate of drug-likeness (QED) is 0.559. The van der Waals surface area contributed by atoms with E-state index in [2.05, 4.69) is 4.72 Å². The van der Waals surface area contributed by atoms with Gasteiger partial charge in [-0.25, -0.2) is 4.21 Å². The van der Waals surface area contributed by atoms with Crippen LogP contribution in [0.5, 0.6) is 0 Å². The van der Waals surface area contributed by atoms with Gasteiger partial charge in [-0.2, -0.15) is 4.72 Å². The largest absolute Gasteiger partial charge is 0.480 e. The number of rotatable bonds is 6. The lowest BCUT2D eigenvalue weighted by atomic mass is 9.95. The van der Waals surface area contributed by atoms with Crippen molar-refractivity contribution in [3.63, 3.8) is 0 Å². The van der Waals surface area contributed by atoms with Crippen LogP contribution in [0.4, 0.5) is 0 Å². The van der Waals surface area contributed by atoms with Crippen LogP contribution in [0.1, 0.15) is 26.7 Å². The molecule has 0 aromatic carbocycles. The maximum atomic E-state index is 10.7. The fraction of sp³-hybridized carbons (Fsp3) is 0.857. The van der Waals surface area contributed by atoms with Crippen molar-refractivity contribution < 1.29 is 18.7 Å². The van der Waals surface area contributed by atoms with Crippen molar-refractivity contribution in [2.75, 3.05) is 0 Å². The third-order valence-corrected chi connectivity index (χ3v) is 2.47. The molecule has 0 fully saturated rings. The van der Waals surface area contributed by atoms with Gasteiger partial charge in [0.15, 0.2) is 0 Å². The Hall–Kier alpha value is -0.460. The summed E-state index contributed by atoms with van der Waals surface area (Å²) in [5.41, 5.74) is 0. The average Bonchev–Trinajstić information content (AvgIpc) is 2.04. The minimum absolute atomic E-state index is 0.117. The Kier molecular flexibility index (Phi) is 5.85. The zero-order chi connectivity index (χ0) is 10.4. The molecule has 0 aliphatic rings. The smallest absolute Gasteiger partial charge is 0.322 e. The van der Waals surface area contributed by atoms with Crippen LogP contribution in [-0.4, -0.2) is 25.9 Å². The Bertz CT molecular complexity index is 193. The van der Waals surface area contributed by atoms with Crippen molar-refractivity contribution in [1.29, 1.82) is 0 Å². The van der Waals surface area contributed by atoms with E-state index in [1.807, 2.05) is 13.8 Å². The van der Waals surface area contributed by atoms with Crippen LogP contribution >= 0.6 is 0 Å². The maximum absolute atomic E-state index is 10.7. The van der Waals surface area contributed by atoms with E-state index >= 15 is 0 Å². The van der Waals surface area contributed by atoms with E-state index in [4.69, 9.17) is 9.66 Å². The number of carboxylic acids is 1. The van der Waals surface area contributed by atoms with Crippen molar-refractivity contribution in [2.45, 2.75) is 32.7 Å². The number of hydrogen-bond donors (Lipinski definition) is 3. The Morgan fingerprint density at radius 1 is 1.46 bits per heavy atom. The molecule has 6 heteroatoms. The van der Waals surface area contributed by atoms with E-state index in [-0.39, 0.29) is 5.92 Å². The predicted octanol–water partition coefficient (Wildman–Crippen LogP) is 0.602. The molecule has 0 saturated carbocycles. The van der Waals surface area contributed by atoms with E-state index in [9.17, 15) is 9.00 Å². The first-order valence-corrected chi connectivity index (χ1v) is 5.23. The standard InChI is InChI=1S/C7H15NO4S/c1-3-5(4-2)6(7(9)10)8-13(11)12/h5-6,8H,3-4H2,1-2H3,(H,9,10)(H,11,12)/t6-/m0/s1. The summed E-state index contributed by atoms with van der Waals surface area (Å²) in [7, 11) is 0. The fourth-order valence-corrected chi connectivity index (χ4v) is 1.73. The lowest BCUT2D eigenvalue weighted by Crippen LogP contribution is -2.43. The molecule has 0 bridgehead atoms. The van der Waals surface area contributed by atoms with E-state index in [0.29, 0.717) is 12.8 Å². The van der Waals surface area contributed by atoms with Crippen LogP contribution in [0.25, 0.3) is 0 Å². The van der Waals surface area contributed by atoms with Gasteiger partial charge in [0.1, 0.15) is 6.04 Å². The van der Waals surface area contributed by atoms with E-state index in [1.54, 1.807) is 0 Å². The lowest BCUT2D eigenvalue weighted by molar-refractivity contribution is -0.140. The molecule has 78 valence electrons. The molecule has 0 spiro atoms. The number of hydrogen-bond acceptors (Lipinski definition) is 2. The molecule has 2 atom stereocenters. The second-order valence-electron chi connectivity index (χ2n) is 2.76. The van der Waals surface area contributed by atoms with Gasteiger partial charge >= 0.3 is 5.97 Å². The summed E-state index contributed by atoms with van der Waals surface area (Å²) in [5.74, 6) is -1.20. The monoisotopic (exact) mass is 209 g/mol. The number of aliphatic carboxylic acids is 1. The molecule has 0 aromatic heterocycles. The SMILES string of the molecule is CCC(CC)[C@H](NS(=O)O)C(=O)O. The molecule has 0 amide bonds. The number of carbonyl (C=O) groups is 1. The molecule has 0 radical (unpaired) electrons. The summed E-state index contributed by atoms with van der Waals surface area (Å²) >= 11 is -2.27. The van der Waals surface area contributed by atoms with Gasteiger partial charge in [0, 0.05) is 0 Å². The lowest BCUT2D eigenvalue weighted by Gasteiger charge is -2.20. The summed E-state index contributed by atoms with van der Waals surface area (Å²) in [4.78, 5) is 10.7. The highest BCUT2D eigenvalue weighted by Gasteiger charge is 2.26. The fourth-order valence-electron chi connectivity index (χ4n) is 1.22. The molecule has 13 heavy (non-hydrogen) atoms. The first kappa shape index (κ1) is 12.5. The average molecular weight is 209 g/mol. The molecule has 0 aromatic rings. The topological polar surface area (TPSA) is 86.6 Å². The van der Waals surface area contributed by atoms with Crippen LogP contribution in [-0.2, 0) is 16.1 Å². The molecule has 0 aliphatic carbocycles. The predicted molar refractivity (Wildman–Crippen MR) is 49.4 cm³/mol. The van der Waals surface area contributed by atoms with Crippen molar-refractivity contribution in [1.82, 2.24) is 4.72 Å². The number of nitrogens with one attached hydrogen (secondary N) is 1. The highest BCUT2D eigenvalue weighted by Crippen LogP contribution is 2.13. The van der Waals surface area contributed by atoms with Gasteiger partial charge in [0.2, 0.25) is 11.3 Å². The minimum Gasteiger partial charge on any atom is -0.480 e. The van der Waals surface area contributed by atoms with Crippen LogP contribution < -0.4 is 4.72 Å². The zero-order valence-electron chi connectivity index (χ0n) is 7.69. The first-order valence-electron chi connectivity index (χ1n) is 4.12. The Labute approximate surface area is 79.9 Å². The summed E-state index contributed by atoms with van der Waals surface area (Å²) in [6, 6.07) is -0.944. The van der Waals surface area contributed by atoms with Gasteiger partial charge < -0.3 is 5.11 Å². The molecule has 0 saturated heterocycles. The minimum atomic E-state index is -2.27. The van der Waals surface area contributed by atoms with Crippen LogP contribution in [0.3, 0.4) is 0 Å². The second kappa shape index (κ2) is 6.06. The van der Waals surface area contributed by atoms with Crippen molar-refractivity contribution in [3.05, 3.63) is 0 Å². The Morgan fingerprint density at radius 3 is 2.15 bits per heavy atom. The van der Waals surface area contributed by atoms with Gasteiger partial charge in [-0.1, -0.05) is 26.7 Å². The summed E-state index contributed by atoms with van der Waals surface area (Å²) in [5, 5.41) is 8.75. The molecule has 5 nitrogen and oxygen atoms in total. The molecule has 0 heterocycles. The van der Waals surface area contributed by atoms with E-state index in [0.717, 1.165) is 0 Å². The summed E-state index contributed by atoms with van der Waals surface area (Å²) in [6.07, 6.45) is 1.33. The van der Waals surface area contributed by atoms with E-state index in [1.165, 1.54) is 0 Å². The van der Waals surface area contributed by atoms with Gasteiger partial charge in [-0.15, -0.1) is 0 Å². The maximum Gasteiger partial charge on any atom is 0.322 e. The molecular weight excluding hydrogens is 194 g/mol. The zero-order valence-corrected chi connectivity index (χ0v) is 8.50. The summed E-state index contributed by atoms with van der Waals surface area (Å²) < 4.78 is 21.0. The summed E-state index contributed by atoms with van der Waals surface area (Å²) in [6.45, 7) is 3.71. The van der Waals surface area contributed by atoms with Gasteiger partial charge in [-0.3, -0.25) is 9.35 Å². The Morgan fingerprint density at radius 2 is 1.92 bits per heavy atom. The van der Waals surface area contributed by atoms with Crippen LogP contribution in [0.2, 0.25) is 0 Å². The van der Waals surface area contributed by atoms with Crippen molar-refractivity contribution >= 4 is 17.2 Å². The highest BCUT2D eigenvalue weighted by atomic mass is 32.2. The third-order valence-electron chi connectivity index (χ3n) is 2.01. The molecular formula is C7H15NO4S. The molecule has 0 rings (SSSR count). The number of carboxylic acid groups (broad SMARTS) is 1. The molecule has 0 aliphatic heterocycles. The van der Waals surface area contributed by atoms with Crippen molar-refractivity contribution in [2.24, 2.45) is 5.92 Å². The highest BCUT2D eigenvalue weighted by molar-refractivity contribution is 7.77. The molecule has 1 unspecified atom stereocenters.